The molecule has 0 aliphatic carbocycles. The number of carbonyl (C=O) groups excluding carboxylic acids is 2. The summed E-state index contributed by atoms with van der Waals surface area (Å²) < 4.78 is 6.48. The summed E-state index contributed by atoms with van der Waals surface area (Å²) in [6.07, 6.45) is 0. The molecule has 1 heterocycles. The average Bonchev–Trinajstić information content (AvgIpc) is 2.74. The highest BCUT2D eigenvalue weighted by atomic mass is 35.5. The van der Waals surface area contributed by atoms with Crippen molar-refractivity contribution in [3.63, 3.8) is 0 Å². The molecule has 31 heavy (non-hydrogen) atoms. The zero-order valence-electron chi connectivity index (χ0n) is 17.5. The van der Waals surface area contributed by atoms with Crippen LogP contribution in [0.5, 0.6) is 0 Å². The van der Waals surface area contributed by atoms with E-state index in [0.717, 1.165) is 11.1 Å². The third-order valence-corrected chi connectivity index (χ3v) is 5.12. The summed E-state index contributed by atoms with van der Waals surface area (Å²) in [5, 5.41) is 4.54. The van der Waals surface area contributed by atoms with Crippen LogP contribution in [-0.2, 0) is 16.1 Å². The normalized spacial score (nSPS) is 10.6. The van der Waals surface area contributed by atoms with Crippen LogP contribution in [0.3, 0.4) is 0 Å². The first-order valence-corrected chi connectivity index (χ1v) is 9.97. The number of para-hydroxylation sites is 1. The molecule has 0 bridgehead atoms. The minimum absolute atomic E-state index is 0.380. The smallest absolute Gasteiger partial charge is 0.363 e. The van der Waals surface area contributed by atoms with Gasteiger partial charge in [-0.05, 0) is 37.1 Å². The molecule has 0 aliphatic heterocycles. The fourth-order valence-electron chi connectivity index (χ4n) is 2.99. The van der Waals surface area contributed by atoms with Gasteiger partial charge in [0.2, 0.25) is 11.1 Å². The van der Waals surface area contributed by atoms with Gasteiger partial charge in [0, 0.05) is 25.4 Å². The second-order valence-electron chi connectivity index (χ2n) is 7.11. The van der Waals surface area contributed by atoms with Crippen LogP contribution in [0.4, 0.5) is 0 Å². The largest absolute Gasteiger partial charge is 0.451 e. The number of carbonyl (C=O) groups is 2. The molecule has 0 atom stereocenters. The van der Waals surface area contributed by atoms with Gasteiger partial charge < -0.3 is 9.64 Å². The molecule has 0 aliphatic rings. The number of aryl methyl sites for hydroxylation is 2. The Bertz CT molecular complexity index is 1190. The first kappa shape index (κ1) is 22.2. The highest BCUT2D eigenvalue weighted by molar-refractivity contribution is 6.32. The SMILES string of the molecule is Cc1ccccc1CN(C)C(=O)COC(=O)c1nn(-c2ccccc2Cl)c(C)cc1=O. The van der Waals surface area contributed by atoms with E-state index in [-0.39, 0.29) is 0 Å². The number of hydrogen-bond donors (Lipinski definition) is 0. The molecular weight excluding hydrogens is 418 g/mol. The Balaban J connectivity index is 1.72. The van der Waals surface area contributed by atoms with Crippen LogP contribution in [0.1, 0.15) is 27.3 Å². The molecule has 0 fully saturated rings. The molecule has 1 aromatic heterocycles. The number of aromatic nitrogens is 2. The third kappa shape index (κ3) is 5.19. The standard InChI is InChI=1S/C23H22ClN3O4/c1-15-8-4-5-9-17(15)13-26(3)21(29)14-31-23(30)22-20(28)12-16(2)27(25-22)19-11-7-6-10-18(19)24/h4-12H,13-14H2,1-3H3. The van der Waals surface area contributed by atoms with Crippen molar-refractivity contribution in [2.24, 2.45) is 0 Å². The number of amides is 1. The molecule has 0 saturated heterocycles. The van der Waals surface area contributed by atoms with E-state index in [0.29, 0.717) is 22.9 Å². The van der Waals surface area contributed by atoms with E-state index >= 15 is 0 Å². The summed E-state index contributed by atoms with van der Waals surface area (Å²) in [5.41, 5.74) is 2.07. The Morgan fingerprint density at radius 2 is 1.77 bits per heavy atom. The Hall–Kier alpha value is -3.45. The topological polar surface area (TPSA) is 81.5 Å². The van der Waals surface area contributed by atoms with Crippen molar-refractivity contribution in [2.45, 2.75) is 20.4 Å². The second-order valence-corrected chi connectivity index (χ2v) is 7.52. The predicted octanol–water partition coefficient (Wildman–Crippen LogP) is 3.32. The molecule has 0 radical (unpaired) electrons. The van der Waals surface area contributed by atoms with Gasteiger partial charge in [0.1, 0.15) is 0 Å². The lowest BCUT2D eigenvalue weighted by Gasteiger charge is -2.18. The maximum absolute atomic E-state index is 12.5. The first-order chi connectivity index (χ1) is 14.8. The lowest BCUT2D eigenvalue weighted by atomic mass is 10.1. The molecule has 1 amide bonds. The molecule has 0 N–H and O–H groups in total. The first-order valence-electron chi connectivity index (χ1n) is 9.59. The number of halogens is 1. The highest BCUT2D eigenvalue weighted by Gasteiger charge is 2.20. The van der Waals surface area contributed by atoms with E-state index in [4.69, 9.17) is 16.3 Å². The lowest BCUT2D eigenvalue weighted by molar-refractivity contribution is -0.133. The van der Waals surface area contributed by atoms with Crippen molar-refractivity contribution >= 4 is 23.5 Å². The van der Waals surface area contributed by atoms with E-state index in [1.807, 2.05) is 31.2 Å². The summed E-state index contributed by atoms with van der Waals surface area (Å²) in [6.45, 7) is 3.52. The van der Waals surface area contributed by atoms with Gasteiger partial charge >= 0.3 is 5.97 Å². The average molecular weight is 440 g/mol. The summed E-state index contributed by atoms with van der Waals surface area (Å²) in [4.78, 5) is 38.6. The fraction of sp³-hybridized carbons (Fsp3) is 0.217. The summed E-state index contributed by atoms with van der Waals surface area (Å²) in [5.74, 6) is -1.36. The second kappa shape index (κ2) is 9.57. The quantitative estimate of drug-likeness (QED) is 0.550. The molecule has 2 aromatic carbocycles. The Kier molecular flexibility index (Phi) is 6.87. The van der Waals surface area contributed by atoms with Crippen molar-refractivity contribution in [1.29, 1.82) is 0 Å². The molecule has 3 rings (SSSR count). The fourth-order valence-corrected chi connectivity index (χ4v) is 3.21. The minimum atomic E-state index is -0.969. The van der Waals surface area contributed by atoms with E-state index in [9.17, 15) is 14.4 Å². The van der Waals surface area contributed by atoms with E-state index < -0.39 is 29.6 Å². The van der Waals surface area contributed by atoms with Gasteiger partial charge in [-0.1, -0.05) is 48.0 Å². The van der Waals surface area contributed by atoms with Crippen LogP contribution in [0, 0.1) is 13.8 Å². The Morgan fingerprint density at radius 1 is 1.10 bits per heavy atom. The van der Waals surface area contributed by atoms with E-state index in [2.05, 4.69) is 5.10 Å². The lowest BCUT2D eigenvalue weighted by Crippen LogP contribution is -2.32. The van der Waals surface area contributed by atoms with Crippen LogP contribution in [0.15, 0.2) is 59.4 Å². The number of benzene rings is 2. The molecule has 0 unspecified atom stereocenters. The van der Waals surface area contributed by atoms with Gasteiger partial charge in [-0.25, -0.2) is 9.48 Å². The van der Waals surface area contributed by atoms with Crippen molar-refractivity contribution in [2.75, 3.05) is 13.7 Å². The van der Waals surface area contributed by atoms with Crippen LogP contribution in [0.25, 0.3) is 5.69 Å². The number of ether oxygens (including phenoxy) is 1. The van der Waals surface area contributed by atoms with Crippen LogP contribution in [-0.4, -0.2) is 40.2 Å². The summed E-state index contributed by atoms with van der Waals surface area (Å²) >= 11 is 6.21. The van der Waals surface area contributed by atoms with Gasteiger partial charge in [-0.15, -0.1) is 0 Å². The van der Waals surface area contributed by atoms with Gasteiger partial charge in [-0.3, -0.25) is 9.59 Å². The molecule has 0 spiro atoms. The molecule has 3 aromatic rings. The number of nitrogens with zero attached hydrogens (tertiary/aromatic N) is 3. The van der Waals surface area contributed by atoms with Crippen molar-refractivity contribution in [1.82, 2.24) is 14.7 Å². The van der Waals surface area contributed by atoms with Crippen molar-refractivity contribution in [3.8, 4) is 5.69 Å². The maximum atomic E-state index is 12.5. The maximum Gasteiger partial charge on any atom is 0.363 e. The number of rotatable bonds is 6. The Morgan fingerprint density at radius 3 is 2.48 bits per heavy atom. The number of likely N-dealkylation sites (N-methyl/N-ethyl adjacent to an activating group) is 1. The molecule has 7 nitrogen and oxygen atoms in total. The molecule has 0 saturated carbocycles. The van der Waals surface area contributed by atoms with Crippen LogP contribution >= 0.6 is 11.6 Å². The van der Waals surface area contributed by atoms with Gasteiger partial charge in [0.15, 0.2) is 6.61 Å². The van der Waals surface area contributed by atoms with Crippen molar-refractivity contribution in [3.05, 3.63) is 92.4 Å². The van der Waals surface area contributed by atoms with Gasteiger partial charge in [-0.2, -0.15) is 5.10 Å². The number of hydrogen-bond acceptors (Lipinski definition) is 5. The summed E-state index contributed by atoms with van der Waals surface area (Å²) in [6, 6.07) is 15.9. The molecule has 160 valence electrons. The zero-order valence-corrected chi connectivity index (χ0v) is 18.2. The van der Waals surface area contributed by atoms with Gasteiger partial charge in [0.25, 0.3) is 5.91 Å². The third-order valence-electron chi connectivity index (χ3n) is 4.80. The van der Waals surface area contributed by atoms with Gasteiger partial charge in [0.05, 0.1) is 10.7 Å². The Labute approximate surface area is 184 Å². The van der Waals surface area contributed by atoms with Crippen molar-refractivity contribution < 1.29 is 14.3 Å². The number of esters is 1. The molecule has 8 heteroatoms. The minimum Gasteiger partial charge on any atom is -0.451 e. The van der Waals surface area contributed by atoms with E-state index in [1.54, 1.807) is 38.2 Å². The van der Waals surface area contributed by atoms with E-state index in [1.165, 1.54) is 15.6 Å². The molecular formula is C23H22ClN3O4. The monoisotopic (exact) mass is 439 g/mol. The predicted molar refractivity (Wildman–Crippen MR) is 118 cm³/mol. The van der Waals surface area contributed by atoms with Crippen LogP contribution in [0.2, 0.25) is 5.02 Å². The summed E-state index contributed by atoms with van der Waals surface area (Å²) in [7, 11) is 1.62. The zero-order chi connectivity index (χ0) is 22.5. The highest BCUT2D eigenvalue weighted by Crippen LogP contribution is 2.19. The van der Waals surface area contributed by atoms with Crippen LogP contribution < -0.4 is 5.43 Å².